The van der Waals surface area contributed by atoms with Crippen molar-refractivity contribution < 1.29 is 14.3 Å². The number of likely N-dealkylation sites (N-methyl/N-ethyl adjacent to an activating group) is 1. The standard InChI is InChI=1S/C21H19Cl2NO3/c1-21(2)14-7-4-5-10-17(14)24(3)18(21)11-13(25)12-27-20(26)19-15(22)8-6-9-16(19)23/h4-11H,12H2,1-3H3. The number of fused-ring (bicyclic) bond motifs is 1. The minimum Gasteiger partial charge on any atom is -0.454 e. The first-order chi connectivity index (χ1) is 12.7. The van der Waals surface area contributed by atoms with Crippen molar-refractivity contribution in [2.75, 3.05) is 18.6 Å². The monoisotopic (exact) mass is 403 g/mol. The molecule has 0 aliphatic carbocycles. The molecule has 0 N–H and O–H groups in total. The summed E-state index contributed by atoms with van der Waals surface area (Å²) in [5.41, 5.74) is 2.79. The summed E-state index contributed by atoms with van der Waals surface area (Å²) >= 11 is 12.0. The SMILES string of the molecule is CN1C(=CC(=O)COC(=O)c2c(Cl)cccc2Cl)C(C)(C)c2ccccc21. The number of ether oxygens (including phenoxy) is 1. The Morgan fingerprint density at radius 3 is 2.33 bits per heavy atom. The molecule has 0 spiro atoms. The second kappa shape index (κ2) is 7.37. The number of benzene rings is 2. The van der Waals surface area contributed by atoms with Gasteiger partial charge < -0.3 is 9.64 Å². The van der Waals surface area contributed by atoms with Crippen molar-refractivity contribution >= 4 is 40.6 Å². The largest absolute Gasteiger partial charge is 0.454 e. The van der Waals surface area contributed by atoms with Crippen LogP contribution in [0.1, 0.15) is 29.8 Å². The topological polar surface area (TPSA) is 46.6 Å². The maximum absolute atomic E-state index is 12.4. The van der Waals surface area contributed by atoms with Crippen LogP contribution in [0.15, 0.2) is 54.2 Å². The fraction of sp³-hybridized carbons (Fsp3) is 0.238. The quantitative estimate of drug-likeness (QED) is 0.530. The Balaban J connectivity index is 1.75. The molecule has 0 saturated carbocycles. The maximum Gasteiger partial charge on any atom is 0.341 e. The highest BCUT2D eigenvalue weighted by molar-refractivity contribution is 6.39. The predicted octanol–water partition coefficient (Wildman–Crippen LogP) is 5.03. The van der Waals surface area contributed by atoms with Gasteiger partial charge in [0, 0.05) is 29.9 Å². The lowest BCUT2D eigenvalue weighted by Gasteiger charge is -2.23. The Labute approximate surface area is 168 Å². The van der Waals surface area contributed by atoms with E-state index in [1.165, 1.54) is 6.08 Å². The zero-order valence-electron chi connectivity index (χ0n) is 15.3. The number of hydrogen-bond donors (Lipinski definition) is 0. The van der Waals surface area contributed by atoms with E-state index in [2.05, 4.69) is 19.9 Å². The molecule has 0 atom stereocenters. The van der Waals surface area contributed by atoms with Crippen molar-refractivity contribution in [2.24, 2.45) is 0 Å². The number of anilines is 1. The lowest BCUT2D eigenvalue weighted by Crippen LogP contribution is -2.25. The first kappa shape index (κ1) is 19.5. The van der Waals surface area contributed by atoms with Crippen LogP contribution >= 0.6 is 23.2 Å². The van der Waals surface area contributed by atoms with Gasteiger partial charge in [-0.05, 0) is 23.8 Å². The van der Waals surface area contributed by atoms with Gasteiger partial charge in [-0.2, -0.15) is 0 Å². The molecule has 0 bridgehead atoms. The van der Waals surface area contributed by atoms with Gasteiger partial charge in [0.1, 0.15) is 0 Å². The van der Waals surface area contributed by atoms with Crippen LogP contribution in [0.2, 0.25) is 10.0 Å². The van der Waals surface area contributed by atoms with Crippen molar-refractivity contribution in [3.05, 3.63) is 75.4 Å². The van der Waals surface area contributed by atoms with Crippen LogP contribution in [0.25, 0.3) is 0 Å². The third kappa shape index (κ3) is 3.60. The lowest BCUT2D eigenvalue weighted by atomic mass is 9.83. The van der Waals surface area contributed by atoms with E-state index in [1.807, 2.05) is 30.1 Å². The van der Waals surface area contributed by atoms with E-state index in [4.69, 9.17) is 27.9 Å². The van der Waals surface area contributed by atoms with Crippen LogP contribution in [-0.2, 0) is 14.9 Å². The molecule has 140 valence electrons. The molecule has 2 aromatic carbocycles. The normalized spacial score (nSPS) is 16.3. The van der Waals surface area contributed by atoms with Crippen molar-refractivity contribution in [1.29, 1.82) is 0 Å². The van der Waals surface area contributed by atoms with E-state index >= 15 is 0 Å². The molecule has 1 heterocycles. The summed E-state index contributed by atoms with van der Waals surface area (Å²) in [6, 6.07) is 12.7. The Kier molecular flexibility index (Phi) is 5.31. The molecule has 0 unspecified atom stereocenters. The molecule has 0 fully saturated rings. The highest BCUT2D eigenvalue weighted by atomic mass is 35.5. The molecule has 3 rings (SSSR count). The van der Waals surface area contributed by atoms with E-state index in [0.717, 1.165) is 16.9 Å². The molecular formula is C21H19Cl2NO3. The van der Waals surface area contributed by atoms with Gasteiger partial charge in [-0.1, -0.05) is 61.3 Å². The molecule has 0 aromatic heterocycles. The molecule has 1 aliphatic heterocycles. The summed E-state index contributed by atoms with van der Waals surface area (Å²) in [6.45, 7) is 3.73. The van der Waals surface area contributed by atoms with Crippen LogP contribution in [0.5, 0.6) is 0 Å². The second-order valence-corrected chi connectivity index (χ2v) is 7.68. The van der Waals surface area contributed by atoms with E-state index < -0.39 is 5.97 Å². The van der Waals surface area contributed by atoms with Gasteiger partial charge in [0.25, 0.3) is 0 Å². The highest BCUT2D eigenvalue weighted by Crippen LogP contribution is 2.46. The highest BCUT2D eigenvalue weighted by Gasteiger charge is 2.38. The number of nitrogens with zero attached hydrogens (tertiary/aromatic N) is 1. The second-order valence-electron chi connectivity index (χ2n) is 6.87. The van der Waals surface area contributed by atoms with Gasteiger partial charge >= 0.3 is 5.97 Å². The summed E-state index contributed by atoms with van der Waals surface area (Å²) < 4.78 is 5.12. The molecular weight excluding hydrogens is 385 g/mol. The van der Waals surface area contributed by atoms with Gasteiger partial charge in [-0.25, -0.2) is 4.79 Å². The number of halogens is 2. The number of hydrogen-bond acceptors (Lipinski definition) is 4. The van der Waals surface area contributed by atoms with Crippen LogP contribution in [0.4, 0.5) is 5.69 Å². The molecule has 1 aliphatic rings. The Hall–Kier alpha value is -2.30. The van der Waals surface area contributed by atoms with Crippen molar-refractivity contribution in [1.82, 2.24) is 0 Å². The average molecular weight is 404 g/mol. The predicted molar refractivity (Wildman–Crippen MR) is 108 cm³/mol. The Bertz CT molecular complexity index is 930. The van der Waals surface area contributed by atoms with Gasteiger partial charge in [0.05, 0.1) is 15.6 Å². The fourth-order valence-corrected chi connectivity index (χ4v) is 3.91. The van der Waals surface area contributed by atoms with Crippen LogP contribution in [0.3, 0.4) is 0 Å². The van der Waals surface area contributed by atoms with Gasteiger partial charge in [0.15, 0.2) is 12.4 Å². The maximum atomic E-state index is 12.4. The van der Waals surface area contributed by atoms with Gasteiger partial charge in [-0.15, -0.1) is 0 Å². The number of ketones is 1. The molecule has 0 amide bonds. The van der Waals surface area contributed by atoms with E-state index in [0.29, 0.717) is 0 Å². The van der Waals surface area contributed by atoms with Crippen LogP contribution in [0, 0.1) is 0 Å². The smallest absolute Gasteiger partial charge is 0.341 e. The molecule has 2 aromatic rings. The van der Waals surface area contributed by atoms with E-state index in [9.17, 15) is 9.59 Å². The minimum absolute atomic E-state index is 0.0620. The third-order valence-electron chi connectivity index (χ3n) is 4.75. The molecule has 4 nitrogen and oxygen atoms in total. The molecule has 0 radical (unpaired) electrons. The van der Waals surface area contributed by atoms with E-state index in [1.54, 1.807) is 18.2 Å². The van der Waals surface area contributed by atoms with Crippen molar-refractivity contribution in [2.45, 2.75) is 19.3 Å². The fourth-order valence-electron chi connectivity index (χ4n) is 3.35. The van der Waals surface area contributed by atoms with Crippen molar-refractivity contribution in [3.8, 4) is 0 Å². The number of para-hydroxylation sites is 1. The zero-order valence-corrected chi connectivity index (χ0v) is 16.8. The molecule has 0 saturated heterocycles. The number of rotatable bonds is 4. The summed E-state index contributed by atoms with van der Waals surface area (Å²) in [7, 11) is 1.92. The van der Waals surface area contributed by atoms with E-state index in [-0.39, 0.29) is 33.4 Å². The van der Waals surface area contributed by atoms with Gasteiger partial charge in [0.2, 0.25) is 0 Å². The summed E-state index contributed by atoms with van der Waals surface area (Å²) in [4.78, 5) is 26.7. The van der Waals surface area contributed by atoms with Gasteiger partial charge in [-0.3, -0.25) is 4.79 Å². The number of esters is 1. The lowest BCUT2D eigenvalue weighted by molar-refractivity contribution is -0.117. The van der Waals surface area contributed by atoms with Crippen molar-refractivity contribution in [3.63, 3.8) is 0 Å². The zero-order chi connectivity index (χ0) is 19.8. The summed E-state index contributed by atoms with van der Waals surface area (Å²) in [6.07, 6.45) is 1.53. The average Bonchev–Trinajstić information content (AvgIpc) is 2.81. The third-order valence-corrected chi connectivity index (χ3v) is 5.38. The van der Waals surface area contributed by atoms with Crippen LogP contribution in [-0.4, -0.2) is 25.4 Å². The number of carbonyl (C=O) groups excluding carboxylic acids is 2. The van der Waals surface area contributed by atoms with Crippen LogP contribution < -0.4 is 4.90 Å². The summed E-state index contributed by atoms with van der Waals surface area (Å²) in [5, 5.41) is 0.371. The molecule has 27 heavy (non-hydrogen) atoms. The number of carbonyl (C=O) groups is 2. The number of allylic oxidation sites excluding steroid dienone is 1. The Morgan fingerprint density at radius 2 is 1.70 bits per heavy atom. The Morgan fingerprint density at radius 1 is 1.07 bits per heavy atom. The molecule has 6 heteroatoms. The first-order valence-electron chi connectivity index (χ1n) is 8.43. The first-order valence-corrected chi connectivity index (χ1v) is 9.18. The summed E-state index contributed by atoms with van der Waals surface area (Å²) in [5.74, 6) is -1.03. The minimum atomic E-state index is -0.723.